The molecule has 0 amide bonds. The monoisotopic (exact) mass is 297 g/mol. The summed E-state index contributed by atoms with van der Waals surface area (Å²) in [7, 11) is 0. The molecule has 1 nitrogen and oxygen atoms in total. The van der Waals surface area contributed by atoms with Crippen molar-refractivity contribution in [1.82, 2.24) is 4.98 Å². The molecular formula is C21H31N. The molecule has 1 aromatic heterocycles. The predicted octanol–water partition coefficient (Wildman–Crippen LogP) is 6.86. The molecule has 0 aliphatic heterocycles. The Labute approximate surface area is 135 Å². The third-order valence-corrected chi connectivity index (χ3v) is 5.46. The van der Waals surface area contributed by atoms with Gasteiger partial charge in [0.2, 0.25) is 0 Å². The van der Waals surface area contributed by atoms with Gasteiger partial charge in [0, 0.05) is 22.2 Å². The van der Waals surface area contributed by atoms with Gasteiger partial charge in [-0.15, -0.1) is 0 Å². The Morgan fingerprint density at radius 2 is 1.23 bits per heavy atom. The number of H-pyrrole nitrogens is 1. The first-order valence-corrected chi connectivity index (χ1v) is 9.43. The van der Waals surface area contributed by atoms with Gasteiger partial charge in [-0.05, 0) is 25.7 Å². The number of fused-ring (bicyclic) bond motifs is 1. The van der Waals surface area contributed by atoms with Crippen molar-refractivity contribution in [1.29, 1.82) is 0 Å². The summed E-state index contributed by atoms with van der Waals surface area (Å²) in [6.45, 7) is 2.22. The van der Waals surface area contributed by atoms with Crippen molar-refractivity contribution in [3.8, 4) is 0 Å². The van der Waals surface area contributed by atoms with Crippen molar-refractivity contribution in [3.05, 3.63) is 35.7 Å². The highest BCUT2D eigenvalue weighted by Gasteiger charge is 2.17. The molecule has 0 bridgehead atoms. The quantitative estimate of drug-likeness (QED) is 0.591. The molecule has 1 heterocycles. The van der Waals surface area contributed by atoms with Crippen LogP contribution in [-0.4, -0.2) is 4.98 Å². The van der Waals surface area contributed by atoms with Crippen LogP contribution in [0.1, 0.15) is 87.9 Å². The van der Waals surface area contributed by atoms with Gasteiger partial charge in [-0.25, -0.2) is 0 Å². The second-order valence-electron chi connectivity index (χ2n) is 7.17. The first-order valence-electron chi connectivity index (χ1n) is 9.43. The van der Waals surface area contributed by atoms with Crippen LogP contribution in [0.15, 0.2) is 24.3 Å². The molecule has 2 aromatic rings. The third-order valence-electron chi connectivity index (χ3n) is 5.46. The summed E-state index contributed by atoms with van der Waals surface area (Å²) in [6, 6.07) is 8.92. The Morgan fingerprint density at radius 3 is 1.82 bits per heavy atom. The molecule has 0 radical (unpaired) electrons. The van der Waals surface area contributed by atoms with E-state index in [1.165, 1.54) is 92.8 Å². The number of aryl methyl sites for hydroxylation is 1. The van der Waals surface area contributed by atoms with Gasteiger partial charge in [0.15, 0.2) is 0 Å². The first-order chi connectivity index (χ1) is 10.9. The number of hydrogen-bond donors (Lipinski definition) is 1. The maximum atomic E-state index is 3.73. The Hall–Kier alpha value is -1.24. The second kappa shape index (κ2) is 7.85. The van der Waals surface area contributed by atoms with Crippen molar-refractivity contribution in [3.63, 3.8) is 0 Å². The fraction of sp³-hybridized carbons (Fsp3) is 0.619. The van der Waals surface area contributed by atoms with Crippen LogP contribution in [0.4, 0.5) is 0 Å². The molecule has 120 valence electrons. The molecule has 1 fully saturated rings. The zero-order valence-corrected chi connectivity index (χ0v) is 14.2. The molecule has 0 atom stereocenters. The van der Waals surface area contributed by atoms with Crippen molar-refractivity contribution in [2.75, 3.05) is 0 Å². The number of rotatable bonds is 1. The molecule has 1 heteroatoms. The Bertz CT molecular complexity index is 569. The first kappa shape index (κ1) is 15.6. The van der Waals surface area contributed by atoms with E-state index in [-0.39, 0.29) is 0 Å². The van der Waals surface area contributed by atoms with Gasteiger partial charge in [-0.2, -0.15) is 0 Å². The van der Waals surface area contributed by atoms with Gasteiger partial charge in [0.1, 0.15) is 0 Å². The van der Waals surface area contributed by atoms with Crippen molar-refractivity contribution in [2.24, 2.45) is 0 Å². The number of hydrogen-bond acceptors (Lipinski definition) is 0. The van der Waals surface area contributed by atoms with Crippen molar-refractivity contribution < 1.29 is 0 Å². The summed E-state index contributed by atoms with van der Waals surface area (Å²) in [5.41, 5.74) is 2.86. The topological polar surface area (TPSA) is 15.8 Å². The molecule has 1 saturated carbocycles. The fourth-order valence-corrected chi connectivity index (χ4v) is 4.16. The van der Waals surface area contributed by atoms with Crippen molar-refractivity contribution >= 4 is 10.8 Å². The van der Waals surface area contributed by atoms with Crippen LogP contribution in [0.5, 0.6) is 0 Å². The Morgan fingerprint density at radius 1 is 0.727 bits per heavy atom. The third kappa shape index (κ3) is 3.74. The highest BCUT2D eigenvalue weighted by atomic mass is 14.7. The van der Waals surface area contributed by atoms with Gasteiger partial charge in [0.25, 0.3) is 0 Å². The number of aromatic nitrogens is 1. The van der Waals surface area contributed by atoms with Crippen LogP contribution in [0.2, 0.25) is 0 Å². The van der Waals surface area contributed by atoms with Gasteiger partial charge < -0.3 is 4.98 Å². The van der Waals surface area contributed by atoms with Crippen LogP contribution in [-0.2, 0) is 0 Å². The number of benzene rings is 1. The largest absolute Gasteiger partial charge is 0.361 e. The standard InChI is InChI=1S/C21H31N/c1-17-19-15-11-12-16-20(19)21(22-17)18-13-9-7-5-3-2-4-6-8-10-14-18/h11-12,15-16,18,22H,2-10,13-14H2,1H3. The zero-order valence-electron chi connectivity index (χ0n) is 14.2. The highest BCUT2D eigenvalue weighted by Crippen LogP contribution is 2.34. The van der Waals surface area contributed by atoms with Gasteiger partial charge in [-0.3, -0.25) is 0 Å². The predicted molar refractivity (Wildman–Crippen MR) is 96.6 cm³/mol. The minimum atomic E-state index is 0.734. The van der Waals surface area contributed by atoms with E-state index in [1.54, 1.807) is 0 Å². The molecule has 0 spiro atoms. The summed E-state index contributed by atoms with van der Waals surface area (Å²) in [6.07, 6.45) is 15.6. The molecule has 1 aliphatic rings. The molecule has 1 N–H and O–H groups in total. The van der Waals surface area contributed by atoms with Crippen LogP contribution in [0.25, 0.3) is 10.8 Å². The van der Waals surface area contributed by atoms with E-state index in [4.69, 9.17) is 0 Å². The van der Waals surface area contributed by atoms with E-state index in [9.17, 15) is 0 Å². The SMILES string of the molecule is Cc1[nH]c(C2CCCCCCCCCCC2)c2ccccc12. The highest BCUT2D eigenvalue weighted by molar-refractivity contribution is 5.88. The van der Waals surface area contributed by atoms with Crippen LogP contribution in [0, 0.1) is 6.92 Å². The zero-order chi connectivity index (χ0) is 15.2. The molecule has 1 aliphatic carbocycles. The summed E-state index contributed by atoms with van der Waals surface area (Å²) in [5.74, 6) is 0.734. The minimum Gasteiger partial charge on any atom is -0.361 e. The summed E-state index contributed by atoms with van der Waals surface area (Å²) < 4.78 is 0. The molecule has 0 unspecified atom stereocenters. The van der Waals surface area contributed by atoms with Crippen LogP contribution >= 0.6 is 0 Å². The maximum absolute atomic E-state index is 3.73. The maximum Gasteiger partial charge on any atom is 0.0260 e. The molecule has 22 heavy (non-hydrogen) atoms. The van der Waals surface area contributed by atoms with E-state index in [2.05, 4.69) is 36.2 Å². The average Bonchev–Trinajstić information content (AvgIpc) is 2.86. The van der Waals surface area contributed by atoms with Gasteiger partial charge in [-0.1, -0.05) is 82.1 Å². The minimum absolute atomic E-state index is 0.734. The molecule has 1 aromatic carbocycles. The number of nitrogens with one attached hydrogen (secondary N) is 1. The van der Waals surface area contributed by atoms with Gasteiger partial charge in [0.05, 0.1) is 0 Å². The number of aromatic amines is 1. The van der Waals surface area contributed by atoms with Crippen LogP contribution in [0.3, 0.4) is 0 Å². The normalized spacial score (nSPS) is 19.7. The lowest BCUT2D eigenvalue weighted by Crippen LogP contribution is -2.02. The summed E-state index contributed by atoms with van der Waals surface area (Å²) in [5, 5.41) is 2.89. The van der Waals surface area contributed by atoms with E-state index < -0.39 is 0 Å². The summed E-state index contributed by atoms with van der Waals surface area (Å²) in [4.78, 5) is 3.73. The molecule has 3 rings (SSSR count). The van der Waals surface area contributed by atoms with E-state index in [0.29, 0.717) is 0 Å². The fourth-order valence-electron chi connectivity index (χ4n) is 4.16. The molecular weight excluding hydrogens is 266 g/mol. The lowest BCUT2D eigenvalue weighted by molar-refractivity contribution is 0.464. The Kier molecular flexibility index (Phi) is 5.58. The lowest BCUT2D eigenvalue weighted by atomic mass is 9.89. The smallest absolute Gasteiger partial charge is 0.0260 e. The van der Waals surface area contributed by atoms with E-state index in [0.717, 1.165) is 5.92 Å². The van der Waals surface area contributed by atoms with E-state index in [1.807, 2.05) is 0 Å². The average molecular weight is 297 g/mol. The summed E-state index contributed by atoms with van der Waals surface area (Å²) >= 11 is 0. The Balaban J connectivity index is 1.78. The second-order valence-corrected chi connectivity index (χ2v) is 7.17. The van der Waals surface area contributed by atoms with Crippen molar-refractivity contribution in [2.45, 2.75) is 83.5 Å². The van der Waals surface area contributed by atoms with E-state index >= 15 is 0 Å². The van der Waals surface area contributed by atoms with Crippen LogP contribution < -0.4 is 0 Å². The van der Waals surface area contributed by atoms with Gasteiger partial charge >= 0.3 is 0 Å². The lowest BCUT2D eigenvalue weighted by Gasteiger charge is -2.17. The molecule has 0 saturated heterocycles.